The normalized spacial score (nSPS) is 18.6. The monoisotopic (exact) mass is 648 g/mol. The average molecular weight is 649 g/mol. The molecule has 3 aromatic carbocycles. The van der Waals surface area contributed by atoms with Crippen molar-refractivity contribution in [2.45, 2.75) is 18.9 Å². The number of non-ortho nitro benzene ring substituents is 1. The van der Waals surface area contributed by atoms with E-state index >= 15 is 0 Å². The number of hydrogen-bond donors (Lipinski definition) is 1. The zero-order valence-corrected chi connectivity index (χ0v) is 26.6. The van der Waals surface area contributed by atoms with E-state index in [2.05, 4.69) is 15.1 Å². The van der Waals surface area contributed by atoms with E-state index in [0.717, 1.165) is 30.0 Å². The first-order valence-electron chi connectivity index (χ1n) is 16.1. The summed E-state index contributed by atoms with van der Waals surface area (Å²) < 4.78 is 7.14. The number of carbonyl (C=O) groups is 2. The van der Waals surface area contributed by atoms with E-state index in [-0.39, 0.29) is 34.9 Å². The lowest BCUT2D eigenvalue weighted by molar-refractivity contribution is -0.384. The van der Waals surface area contributed by atoms with E-state index in [1.54, 1.807) is 60.5 Å². The van der Waals surface area contributed by atoms with Gasteiger partial charge in [-0.3, -0.25) is 24.5 Å². The molecule has 12 nitrogen and oxygen atoms in total. The topological polar surface area (TPSA) is 130 Å². The molecule has 1 N–H and O–H groups in total. The van der Waals surface area contributed by atoms with Crippen LogP contribution in [0, 0.1) is 16.0 Å². The van der Waals surface area contributed by atoms with Gasteiger partial charge in [0.2, 0.25) is 0 Å². The van der Waals surface area contributed by atoms with E-state index < -0.39 is 4.92 Å². The number of nitro benzene ring substituents is 1. The summed E-state index contributed by atoms with van der Waals surface area (Å²) in [6.45, 7) is 4.20. The van der Waals surface area contributed by atoms with E-state index in [4.69, 9.17) is 4.74 Å². The molecule has 4 heterocycles. The van der Waals surface area contributed by atoms with Gasteiger partial charge in [-0.25, -0.2) is 0 Å². The fourth-order valence-electron chi connectivity index (χ4n) is 7.21. The van der Waals surface area contributed by atoms with E-state index in [1.165, 1.54) is 12.1 Å². The van der Waals surface area contributed by atoms with Gasteiger partial charge in [-0.05, 0) is 73.0 Å². The van der Waals surface area contributed by atoms with Gasteiger partial charge in [0, 0.05) is 92.4 Å². The Morgan fingerprint density at radius 2 is 1.58 bits per heavy atom. The first-order valence-corrected chi connectivity index (χ1v) is 16.1. The first kappa shape index (κ1) is 31.0. The fourth-order valence-corrected chi connectivity index (χ4v) is 7.21. The fraction of sp³-hybridized carbons (Fsp3) is 0.306. The third kappa shape index (κ3) is 6.08. The summed E-state index contributed by atoms with van der Waals surface area (Å²) in [6, 6.07) is 24.3. The summed E-state index contributed by atoms with van der Waals surface area (Å²) in [5, 5.41) is 14.1. The van der Waals surface area contributed by atoms with Crippen LogP contribution in [0.25, 0.3) is 0 Å². The quantitative estimate of drug-likeness (QED) is 0.227. The maximum absolute atomic E-state index is 13.8. The Balaban J connectivity index is 1.13. The van der Waals surface area contributed by atoms with Crippen molar-refractivity contribution in [2.24, 2.45) is 5.92 Å². The van der Waals surface area contributed by atoms with Gasteiger partial charge >= 0.3 is 0 Å². The van der Waals surface area contributed by atoms with E-state index in [0.29, 0.717) is 61.8 Å². The van der Waals surface area contributed by atoms with Crippen LogP contribution < -0.4 is 25.4 Å². The van der Waals surface area contributed by atoms with Crippen molar-refractivity contribution in [1.29, 1.82) is 0 Å². The minimum Gasteiger partial charge on any atom is -0.497 e. The molecule has 2 amide bonds. The van der Waals surface area contributed by atoms with Crippen LogP contribution in [0.1, 0.15) is 38.7 Å². The maximum Gasteiger partial charge on any atom is 0.269 e. The van der Waals surface area contributed by atoms with Crippen LogP contribution >= 0.6 is 0 Å². The smallest absolute Gasteiger partial charge is 0.269 e. The molecule has 3 aliphatic rings. The van der Waals surface area contributed by atoms with Gasteiger partial charge in [0.25, 0.3) is 23.1 Å². The number of pyridine rings is 1. The number of fused-ring (bicyclic) bond motifs is 4. The molecule has 12 heteroatoms. The SMILES string of the molecule is COc1ccc(C(=O)Nc2cc(C(=O)N3CCN(c4ccc([N+](=O)[O-])cc4)CC3)ccc2N2C[C@H]3C[C@@H](C2)c2cccc(=O)n2C3)cc1. The number of ether oxygens (including phenoxy) is 1. The Labute approximate surface area is 277 Å². The predicted molar refractivity (Wildman–Crippen MR) is 182 cm³/mol. The van der Waals surface area contributed by atoms with Crippen LogP contribution in [0.3, 0.4) is 0 Å². The number of nitro groups is 1. The molecule has 2 atom stereocenters. The number of nitrogens with zero attached hydrogens (tertiary/aromatic N) is 5. The summed E-state index contributed by atoms with van der Waals surface area (Å²) in [6.07, 6.45) is 0.996. The van der Waals surface area contributed by atoms with Gasteiger partial charge in [-0.2, -0.15) is 0 Å². The molecule has 0 unspecified atom stereocenters. The second-order valence-corrected chi connectivity index (χ2v) is 12.6. The Hall–Kier alpha value is -5.65. The van der Waals surface area contributed by atoms with Gasteiger partial charge in [0.05, 0.1) is 23.4 Å². The molecule has 2 saturated heterocycles. The van der Waals surface area contributed by atoms with Gasteiger partial charge in [0.1, 0.15) is 5.75 Å². The predicted octanol–water partition coefficient (Wildman–Crippen LogP) is 4.60. The van der Waals surface area contributed by atoms with Crippen LogP contribution in [0.2, 0.25) is 0 Å². The second-order valence-electron chi connectivity index (χ2n) is 12.6. The number of nitrogens with one attached hydrogen (secondary N) is 1. The summed E-state index contributed by atoms with van der Waals surface area (Å²) in [5.41, 5.74) is 4.30. The van der Waals surface area contributed by atoms with E-state index in [9.17, 15) is 24.5 Å². The number of anilines is 3. The van der Waals surface area contributed by atoms with Gasteiger partial charge < -0.3 is 29.3 Å². The summed E-state index contributed by atoms with van der Waals surface area (Å²) >= 11 is 0. The number of hydrogen-bond acceptors (Lipinski definition) is 8. The highest BCUT2D eigenvalue weighted by Crippen LogP contribution is 2.39. The zero-order valence-electron chi connectivity index (χ0n) is 26.6. The number of aromatic nitrogens is 1. The van der Waals surface area contributed by atoms with Crippen molar-refractivity contribution in [2.75, 3.05) is 61.5 Å². The lowest BCUT2D eigenvalue weighted by atomic mass is 9.83. The summed E-state index contributed by atoms with van der Waals surface area (Å²) in [5.74, 6) is 0.662. The van der Waals surface area contributed by atoms with Crippen LogP contribution in [0.5, 0.6) is 5.75 Å². The molecule has 7 rings (SSSR count). The number of piperazine rings is 1. The Morgan fingerprint density at radius 1 is 0.854 bits per heavy atom. The maximum atomic E-state index is 13.8. The van der Waals surface area contributed by atoms with E-state index in [1.807, 2.05) is 28.8 Å². The van der Waals surface area contributed by atoms with Crippen molar-refractivity contribution >= 4 is 34.6 Å². The second kappa shape index (κ2) is 12.9. The lowest BCUT2D eigenvalue weighted by Crippen LogP contribution is -2.49. The number of carbonyl (C=O) groups excluding carboxylic acids is 2. The first-order chi connectivity index (χ1) is 23.3. The van der Waals surface area contributed by atoms with Crippen LogP contribution in [-0.2, 0) is 6.54 Å². The third-order valence-corrected chi connectivity index (χ3v) is 9.66. The average Bonchev–Trinajstić information content (AvgIpc) is 3.12. The molecule has 2 bridgehead atoms. The highest BCUT2D eigenvalue weighted by atomic mass is 16.6. The van der Waals surface area contributed by atoms with Crippen LogP contribution in [-0.4, -0.2) is 72.6 Å². The zero-order chi connectivity index (χ0) is 33.4. The molecule has 0 spiro atoms. The highest BCUT2D eigenvalue weighted by Gasteiger charge is 2.35. The molecule has 246 valence electrons. The minimum atomic E-state index is -0.419. The molecular weight excluding hydrogens is 612 g/mol. The summed E-state index contributed by atoms with van der Waals surface area (Å²) in [7, 11) is 1.57. The molecule has 2 fully saturated rings. The van der Waals surface area contributed by atoms with Gasteiger partial charge in [-0.1, -0.05) is 6.07 Å². The molecule has 4 aromatic rings. The molecule has 0 radical (unpaired) electrons. The van der Waals surface area contributed by atoms with Crippen molar-refractivity contribution in [3.05, 3.63) is 122 Å². The Morgan fingerprint density at radius 3 is 2.29 bits per heavy atom. The molecule has 3 aliphatic heterocycles. The Bertz CT molecular complexity index is 1920. The standard InChI is InChI=1S/C36H36N6O6/c1-48-30-12-5-25(6-13-30)35(44)37-31-20-26(36(45)39-17-15-38(16-18-39)28-8-10-29(11-9-28)42(46)47)7-14-33(31)40-21-24-19-27(23-40)32-3-2-4-34(43)41(32)22-24/h2-14,20,24,27H,15-19,21-23H2,1H3,(H,37,44)/t24-,27+/m1/s1. The molecular formula is C36H36N6O6. The summed E-state index contributed by atoms with van der Waals surface area (Å²) in [4.78, 5) is 56.7. The molecule has 0 saturated carbocycles. The molecule has 1 aromatic heterocycles. The van der Waals surface area contributed by atoms with Gasteiger partial charge in [0.15, 0.2) is 0 Å². The number of amides is 2. The van der Waals surface area contributed by atoms with Gasteiger partial charge in [-0.15, -0.1) is 0 Å². The number of methoxy groups -OCH3 is 1. The highest BCUT2D eigenvalue weighted by molar-refractivity contribution is 6.07. The minimum absolute atomic E-state index is 0.0273. The number of rotatable bonds is 7. The Kier molecular flexibility index (Phi) is 8.30. The molecule has 48 heavy (non-hydrogen) atoms. The third-order valence-electron chi connectivity index (χ3n) is 9.66. The van der Waals surface area contributed by atoms with Crippen LogP contribution in [0.4, 0.5) is 22.7 Å². The number of piperidine rings is 1. The van der Waals surface area contributed by atoms with Crippen molar-refractivity contribution < 1.29 is 19.2 Å². The van der Waals surface area contributed by atoms with Crippen LogP contribution in [0.15, 0.2) is 89.7 Å². The largest absolute Gasteiger partial charge is 0.497 e. The van der Waals surface area contributed by atoms with Crippen molar-refractivity contribution in [3.63, 3.8) is 0 Å². The molecule has 0 aliphatic carbocycles. The number of benzene rings is 3. The van der Waals surface area contributed by atoms with Crippen molar-refractivity contribution in [3.8, 4) is 5.75 Å². The lowest BCUT2D eigenvalue weighted by Gasteiger charge is -2.44. The van der Waals surface area contributed by atoms with Crippen molar-refractivity contribution in [1.82, 2.24) is 9.47 Å².